The number of benzene rings is 1. The summed E-state index contributed by atoms with van der Waals surface area (Å²) < 4.78 is 7.84. The van der Waals surface area contributed by atoms with E-state index < -0.39 is 4.92 Å². The maximum atomic E-state index is 11.0. The highest BCUT2D eigenvalue weighted by atomic mass is 79.9. The third-order valence-electron chi connectivity index (χ3n) is 3.09. The quantitative estimate of drug-likeness (QED) is 0.633. The minimum atomic E-state index is -0.397. The fraction of sp³-hybridized carbons (Fsp3) is 0.308. The summed E-state index contributed by atoms with van der Waals surface area (Å²) in [7, 11) is 1.59. The van der Waals surface area contributed by atoms with E-state index in [0.717, 1.165) is 15.8 Å². The van der Waals surface area contributed by atoms with Crippen LogP contribution in [0.1, 0.15) is 17.0 Å². The molecule has 0 saturated carbocycles. The lowest BCUT2D eigenvalue weighted by Gasteiger charge is -2.10. The van der Waals surface area contributed by atoms with Gasteiger partial charge in [-0.2, -0.15) is 5.10 Å². The first-order valence-electron chi connectivity index (χ1n) is 5.95. The lowest BCUT2D eigenvalue weighted by Crippen LogP contribution is -2.06. The van der Waals surface area contributed by atoms with Crippen molar-refractivity contribution in [1.29, 1.82) is 0 Å². The SMILES string of the molecule is COc1ccc(Br)cc1Cn1nc(C)c([N+](=O)[O-])c1C. The highest BCUT2D eigenvalue weighted by Crippen LogP contribution is 2.27. The summed E-state index contributed by atoms with van der Waals surface area (Å²) in [5.41, 5.74) is 1.93. The Morgan fingerprint density at radius 1 is 1.45 bits per heavy atom. The molecule has 0 N–H and O–H groups in total. The second-order valence-electron chi connectivity index (χ2n) is 4.39. The molecule has 0 bridgehead atoms. The lowest BCUT2D eigenvalue weighted by atomic mass is 10.2. The van der Waals surface area contributed by atoms with Gasteiger partial charge in [-0.05, 0) is 32.0 Å². The third kappa shape index (κ3) is 2.67. The van der Waals surface area contributed by atoms with Crippen molar-refractivity contribution in [3.05, 3.63) is 49.7 Å². The molecule has 20 heavy (non-hydrogen) atoms. The van der Waals surface area contributed by atoms with E-state index in [1.165, 1.54) is 0 Å². The average molecular weight is 340 g/mol. The van der Waals surface area contributed by atoms with Crippen LogP contribution in [0, 0.1) is 24.0 Å². The predicted molar refractivity (Wildman–Crippen MR) is 78.2 cm³/mol. The van der Waals surface area contributed by atoms with Crippen LogP contribution in [0.15, 0.2) is 22.7 Å². The van der Waals surface area contributed by atoms with Crippen molar-refractivity contribution in [3.8, 4) is 5.75 Å². The van der Waals surface area contributed by atoms with Crippen LogP contribution in [-0.4, -0.2) is 21.8 Å². The van der Waals surface area contributed by atoms with Gasteiger partial charge in [0.05, 0.1) is 18.6 Å². The predicted octanol–water partition coefficient (Wildman–Crippen LogP) is 3.23. The van der Waals surface area contributed by atoms with Crippen molar-refractivity contribution in [2.45, 2.75) is 20.4 Å². The molecule has 0 amide bonds. The number of ether oxygens (including phenoxy) is 1. The fourth-order valence-corrected chi connectivity index (χ4v) is 2.55. The van der Waals surface area contributed by atoms with Crippen LogP contribution in [-0.2, 0) is 6.54 Å². The zero-order valence-corrected chi connectivity index (χ0v) is 13.0. The second-order valence-corrected chi connectivity index (χ2v) is 5.31. The molecular weight excluding hydrogens is 326 g/mol. The van der Waals surface area contributed by atoms with Crippen molar-refractivity contribution in [3.63, 3.8) is 0 Å². The second kappa shape index (κ2) is 5.62. The Balaban J connectivity index is 2.43. The van der Waals surface area contributed by atoms with Crippen molar-refractivity contribution < 1.29 is 9.66 Å². The summed E-state index contributed by atoms with van der Waals surface area (Å²) in [5.74, 6) is 0.725. The number of nitrogens with zero attached hydrogens (tertiary/aromatic N) is 3. The highest BCUT2D eigenvalue weighted by Gasteiger charge is 2.22. The van der Waals surface area contributed by atoms with Gasteiger partial charge < -0.3 is 4.74 Å². The van der Waals surface area contributed by atoms with Gasteiger partial charge in [0.1, 0.15) is 17.1 Å². The summed E-state index contributed by atoms with van der Waals surface area (Å²) in [6, 6.07) is 5.65. The minimum Gasteiger partial charge on any atom is -0.496 e. The summed E-state index contributed by atoms with van der Waals surface area (Å²) in [4.78, 5) is 10.6. The molecule has 0 aliphatic carbocycles. The number of aromatic nitrogens is 2. The Bertz CT molecular complexity index is 667. The van der Waals surface area contributed by atoms with Gasteiger partial charge in [-0.1, -0.05) is 15.9 Å². The zero-order chi connectivity index (χ0) is 14.9. The van der Waals surface area contributed by atoms with Gasteiger partial charge in [-0.15, -0.1) is 0 Å². The molecule has 0 unspecified atom stereocenters. The number of halogens is 1. The smallest absolute Gasteiger partial charge is 0.312 e. The van der Waals surface area contributed by atoms with E-state index in [9.17, 15) is 10.1 Å². The molecule has 0 aliphatic rings. The van der Waals surface area contributed by atoms with Crippen molar-refractivity contribution >= 4 is 21.6 Å². The summed E-state index contributed by atoms with van der Waals surface area (Å²) in [5, 5.41) is 15.2. The molecule has 1 aromatic heterocycles. The molecule has 2 aromatic rings. The molecule has 2 rings (SSSR count). The van der Waals surface area contributed by atoms with Gasteiger partial charge in [0.25, 0.3) is 0 Å². The van der Waals surface area contributed by atoms with Gasteiger partial charge in [0.2, 0.25) is 0 Å². The van der Waals surface area contributed by atoms with Gasteiger partial charge in [-0.3, -0.25) is 14.8 Å². The van der Waals surface area contributed by atoms with Crippen LogP contribution in [0.5, 0.6) is 5.75 Å². The molecule has 0 saturated heterocycles. The largest absolute Gasteiger partial charge is 0.496 e. The molecule has 0 aliphatic heterocycles. The van der Waals surface area contributed by atoms with Crippen molar-refractivity contribution in [2.75, 3.05) is 7.11 Å². The van der Waals surface area contributed by atoms with Gasteiger partial charge in [0.15, 0.2) is 0 Å². The van der Waals surface area contributed by atoms with E-state index >= 15 is 0 Å². The number of hydrogen-bond acceptors (Lipinski definition) is 4. The number of rotatable bonds is 4. The maximum absolute atomic E-state index is 11.0. The highest BCUT2D eigenvalue weighted by molar-refractivity contribution is 9.10. The molecule has 0 spiro atoms. The summed E-state index contributed by atoms with van der Waals surface area (Å²) in [6.45, 7) is 3.76. The molecule has 0 atom stereocenters. The van der Waals surface area contributed by atoms with Crippen molar-refractivity contribution in [1.82, 2.24) is 9.78 Å². The fourth-order valence-electron chi connectivity index (χ4n) is 2.14. The summed E-state index contributed by atoms with van der Waals surface area (Å²) in [6.07, 6.45) is 0. The van der Waals surface area contributed by atoms with Crippen LogP contribution < -0.4 is 4.74 Å². The van der Waals surface area contributed by atoms with E-state index in [2.05, 4.69) is 21.0 Å². The van der Waals surface area contributed by atoms with Crippen LogP contribution in [0.3, 0.4) is 0 Å². The van der Waals surface area contributed by atoms with Gasteiger partial charge in [0, 0.05) is 10.0 Å². The average Bonchev–Trinajstić information content (AvgIpc) is 2.64. The monoisotopic (exact) mass is 339 g/mol. The Hall–Kier alpha value is -1.89. The number of nitro groups is 1. The Morgan fingerprint density at radius 2 is 2.15 bits per heavy atom. The lowest BCUT2D eigenvalue weighted by molar-refractivity contribution is -0.386. The molecular formula is C13H14BrN3O3. The zero-order valence-electron chi connectivity index (χ0n) is 11.4. The summed E-state index contributed by atoms with van der Waals surface area (Å²) >= 11 is 3.41. The molecule has 6 nitrogen and oxygen atoms in total. The van der Waals surface area contributed by atoms with Crippen LogP contribution in [0.25, 0.3) is 0 Å². The minimum absolute atomic E-state index is 0.0685. The maximum Gasteiger partial charge on any atom is 0.312 e. The van der Waals surface area contributed by atoms with Crippen LogP contribution in [0.4, 0.5) is 5.69 Å². The van der Waals surface area contributed by atoms with Gasteiger partial charge in [-0.25, -0.2) is 0 Å². The van der Waals surface area contributed by atoms with Crippen LogP contribution in [0.2, 0.25) is 0 Å². The molecule has 0 radical (unpaired) electrons. The standard InChI is InChI=1S/C13H14BrN3O3/c1-8-13(17(18)19)9(2)16(15-8)7-10-6-11(14)4-5-12(10)20-3/h4-6H,7H2,1-3H3. The molecule has 106 valence electrons. The van der Waals surface area contributed by atoms with Crippen LogP contribution >= 0.6 is 15.9 Å². The first-order valence-corrected chi connectivity index (χ1v) is 6.74. The molecule has 1 aromatic carbocycles. The molecule has 0 fully saturated rings. The van der Waals surface area contributed by atoms with Crippen molar-refractivity contribution in [2.24, 2.45) is 0 Å². The Morgan fingerprint density at radius 3 is 2.70 bits per heavy atom. The van der Waals surface area contributed by atoms with E-state index in [0.29, 0.717) is 17.9 Å². The van der Waals surface area contributed by atoms with E-state index in [-0.39, 0.29) is 5.69 Å². The van der Waals surface area contributed by atoms with E-state index in [1.807, 2.05) is 18.2 Å². The van der Waals surface area contributed by atoms with Gasteiger partial charge >= 0.3 is 5.69 Å². The number of hydrogen-bond donors (Lipinski definition) is 0. The number of aryl methyl sites for hydroxylation is 1. The topological polar surface area (TPSA) is 70.2 Å². The third-order valence-corrected chi connectivity index (χ3v) is 3.58. The van der Waals surface area contributed by atoms with E-state index in [4.69, 9.17) is 4.74 Å². The molecule has 1 heterocycles. The first-order chi connectivity index (χ1) is 9.43. The normalized spacial score (nSPS) is 10.6. The Kier molecular flexibility index (Phi) is 4.08. The molecule has 7 heteroatoms. The number of methoxy groups -OCH3 is 1. The van der Waals surface area contributed by atoms with E-state index in [1.54, 1.807) is 25.6 Å². The first kappa shape index (κ1) is 14.5. The Labute approximate surface area is 124 Å².